The molecular formula is C22H23ClN8O3. The number of imidazole rings is 1. The second kappa shape index (κ2) is 9.67. The first kappa shape index (κ1) is 22.1. The first-order valence-corrected chi connectivity index (χ1v) is 11.2. The lowest BCUT2D eigenvalue weighted by atomic mass is 10.3. The molecular weight excluding hydrogens is 460 g/mol. The number of ether oxygens (including phenoxy) is 1. The fourth-order valence-corrected chi connectivity index (χ4v) is 3.93. The van der Waals surface area contributed by atoms with E-state index in [0.29, 0.717) is 33.7 Å². The van der Waals surface area contributed by atoms with E-state index in [0.717, 1.165) is 38.5 Å². The fraction of sp³-hybridized carbons (Fsp3) is 0.273. The lowest BCUT2D eigenvalue weighted by Crippen LogP contribution is -2.38. The van der Waals surface area contributed by atoms with Crippen molar-refractivity contribution in [3.05, 3.63) is 68.4 Å². The van der Waals surface area contributed by atoms with Crippen molar-refractivity contribution < 1.29 is 9.84 Å². The van der Waals surface area contributed by atoms with Gasteiger partial charge in [-0.3, -0.25) is 14.9 Å². The highest BCUT2D eigenvalue weighted by Gasteiger charge is 2.11. The van der Waals surface area contributed by atoms with E-state index < -0.39 is 5.69 Å². The average molecular weight is 483 g/mol. The van der Waals surface area contributed by atoms with Gasteiger partial charge >= 0.3 is 5.69 Å². The quantitative estimate of drug-likeness (QED) is 0.316. The van der Waals surface area contributed by atoms with Gasteiger partial charge in [0.05, 0.1) is 26.0 Å². The van der Waals surface area contributed by atoms with E-state index in [2.05, 4.69) is 25.3 Å². The van der Waals surface area contributed by atoms with E-state index in [4.69, 9.17) is 26.3 Å². The van der Waals surface area contributed by atoms with Crippen LogP contribution in [-0.2, 0) is 4.74 Å². The number of hydrogen-bond acceptors (Lipinski definition) is 8. The van der Waals surface area contributed by atoms with Gasteiger partial charge < -0.3 is 20.1 Å². The second-order valence-electron chi connectivity index (χ2n) is 7.79. The molecule has 4 heterocycles. The van der Waals surface area contributed by atoms with Gasteiger partial charge in [-0.25, -0.2) is 9.78 Å². The summed E-state index contributed by atoms with van der Waals surface area (Å²) in [4.78, 5) is 28.1. The van der Waals surface area contributed by atoms with Gasteiger partial charge in [-0.2, -0.15) is 9.61 Å². The maximum absolute atomic E-state index is 11.5. The Morgan fingerprint density at radius 2 is 2.12 bits per heavy atom. The van der Waals surface area contributed by atoms with E-state index in [9.17, 15) is 9.90 Å². The predicted octanol–water partition coefficient (Wildman–Crippen LogP) is 0.629. The topological polar surface area (TPSA) is 136 Å². The fourth-order valence-electron chi connectivity index (χ4n) is 3.73. The molecule has 0 spiro atoms. The summed E-state index contributed by atoms with van der Waals surface area (Å²) in [7, 11) is 0. The molecule has 0 aliphatic carbocycles. The molecule has 0 unspecified atom stereocenters. The van der Waals surface area contributed by atoms with E-state index in [1.165, 1.54) is 0 Å². The maximum Gasteiger partial charge on any atom is 0.326 e. The number of aromatic hydroxyl groups is 1. The Kier molecular flexibility index (Phi) is 6.30. The minimum Gasteiger partial charge on any atom is -0.493 e. The molecule has 0 amide bonds. The summed E-state index contributed by atoms with van der Waals surface area (Å²) < 4.78 is 7.04. The summed E-state index contributed by atoms with van der Waals surface area (Å²) >= 11 is 6.13. The molecule has 34 heavy (non-hydrogen) atoms. The zero-order valence-corrected chi connectivity index (χ0v) is 18.9. The third-order valence-electron chi connectivity index (χ3n) is 5.41. The Hall–Kier alpha value is -3.67. The highest BCUT2D eigenvalue weighted by Crippen LogP contribution is 2.18. The molecule has 1 aliphatic rings. The first-order valence-electron chi connectivity index (χ1n) is 10.8. The SMILES string of the molecule is O=c1[nH]c(O)c(C=c2cnn3c(=NCCN4CCOCC4)cc(Nc4cccc(Cl)c4)nc23)[nH]1. The number of fused-ring (bicyclic) bond motifs is 1. The lowest BCUT2D eigenvalue weighted by molar-refractivity contribution is 0.0393. The molecule has 4 N–H and O–H groups in total. The Labute approximate surface area is 198 Å². The molecule has 12 heteroatoms. The van der Waals surface area contributed by atoms with Crippen LogP contribution in [0.1, 0.15) is 5.69 Å². The molecule has 5 rings (SSSR count). The standard InChI is InChI=1S/C22H23ClN8O3/c23-15-2-1-3-16(11-15)26-18-12-19(24-4-5-30-6-8-34-9-7-30)31-20(28-18)14(13-25-31)10-17-21(32)29-22(33)27-17/h1-3,10-13,26,32H,4-9H2,(H2,27,29,33). The predicted molar refractivity (Wildman–Crippen MR) is 127 cm³/mol. The zero-order chi connectivity index (χ0) is 23.5. The molecule has 11 nitrogen and oxygen atoms in total. The van der Waals surface area contributed by atoms with Crippen LogP contribution in [0, 0.1) is 0 Å². The van der Waals surface area contributed by atoms with Crippen molar-refractivity contribution >= 4 is 34.8 Å². The van der Waals surface area contributed by atoms with Gasteiger partial charge in [-0.05, 0) is 24.3 Å². The van der Waals surface area contributed by atoms with Crippen LogP contribution >= 0.6 is 11.6 Å². The Balaban J connectivity index is 1.56. The number of aromatic nitrogens is 5. The molecule has 0 bridgehead atoms. The smallest absolute Gasteiger partial charge is 0.326 e. The Bertz CT molecular complexity index is 1490. The number of rotatable bonds is 6. The largest absolute Gasteiger partial charge is 0.493 e. The molecule has 176 valence electrons. The molecule has 0 atom stereocenters. The number of morpholine rings is 1. The van der Waals surface area contributed by atoms with Gasteiger partial charge in [0.25, 0.3) is 0 Å². The molecule has 3 aromatic heterocycles. The van der Waals surface area contributed by atoms with Crippen LogP contribution in [0.3, 0.4) is 0 Å². The normalized spacial score (nSPS) is 15.9. The minimum atomic E-state index is -0.504. The van der Waals surface area contributed by atoms with E-state index in [1.54, 1.807) is 28.9 Å². The van der Waals surface area contributed by atoms with Crippen LogP contribution in [0.4, 0.5) is 11.5 Å². The summed E-state index contributed by atoms with van der Waals surface area (Å²) in [6.07, 6.45) is 3.21. The van der Waals surface area contributed by atoms with Crippen LogP contribution in [0.5, 0.6) is 5.88 Å². The lowest BCUT2D eigenvalue weighted by Gasteiger charge is -2.25. The third-order valence-corrected chi connectivity index (χ3v) is 5.64. The average Bonchev–Trinajstić information content (AvgIpc) is 3.36. The van der Waals surface area contributed by atoms with Crippen molar-refractivity contribution in [2.24, 2.45) is 4.99 Å². The van der Waals surface area contributed by atoms with E-state index in [-0.39, 0.29) is 11.6 Å². The van der Waals surface area contributed by atoms with Gasteiger partial charge in [-0.1, -0.05) is 17.7 Å². The van der Waals surface area contributed by atoms with E-state index >= 15 is 0 Å². The number of nitrogens with one attached hydrogen (secondary N) is 3. The van der Waals surface area contributed by atoms with Crippen molar-refractivity contribution in [2.45, 2.75) is 0 Å². The van der Waals surface area contributed by atoms with Crippen molar-refractivity contribution in [1.82, 2.24) is 29.5 Å². The molecule has 0 saturated carbocycles. The molecule has 4 aromatic rings. The third kappa shape index (κ3) is 4.96. The maximum atomic E-state index is 11.5. The highest BCUT2D eigenvalue weighted by molar-refractivity contribution is 6.30. The Morgan fingerprint density at radius 3 is 2.88 bits per heavy atom. The number of nitrogens with zero attached hydrogens (tertiary/aromatic N) is 5. The van der Waals surface area contributed by atoms with Crippen molar-refractivity contribution in [3.63, 3.8) is 0 Å². The molecule has 1 fully saturated rings. The number of H-pyrrole nitrogens is 2. The summed E-state index contributed by atoms with van der Waals surface area (Å²) in [5, 5.41) is 18.9. The van der Waals surface area contributed by atoms with Crippen molar-refractivity contribution in [3.8, 4) is 5.88 Å². The zero-order valence-electron chi connectivity index (χ0n) is 18.2. The minimum absolute atomic E-state index is 0.237. The monoisotopic (exact) mass is 482 g/mol. The summed E-state index contributed by atoms with van der Waals surface area (Å²) in [5.41, 5.74) is 1.64. The van der Waals surface area contributed by atoms with Crippen LogP contribution < -0.4 is 21.7 Å². The summed E-state index contributed by atoms with van der Waals surface area (Å²) in [6, 6.07) is 9.15. The summed E-state index contributed by atoms with van der Waals surface area (Å²) in [6.45, 7) is 4.65. The number of hydrogen-bond donors (Lipinski definition) is 4. The van der Waals surface area contributed by atoms with E-state index in [1.807, 2.05) is 18.2 Å². The number of anilines is 2. The first-order chi connectivity index (χ1) is 16.5. The molecule has 0 radical (unpaired) electrons. The second-order valence-corrected chi connectivity index (χ2v) is 8.23. The van der Waals surface area contributed by atoms with Crippen LogP contribution in [-0.4, -0.2) is 74.0 Å². The summed E-state index contributed by atoms with van der Waals surface area (Å²) in [5.74, 6) is 0.301. The molecule has 1 aliphatic heterocycles. The van der Waals surface area contributed by atoms with Crippen LogP contribution in [0.25, 0.3) is 11.7 Å². The van der Waals surface area contributed by atoms with Crippen LogP contribution in [0.15, 0.2) is 46.3 Å². The van der Waals surface area contributed by atoms with Gasteiger partial charge in [-0.15, -0.1) is 0 Å². The van der Waals surface area contributed by atoms with Crippen LogP contribution in [0.2, 0.25) is 5.02 Å². The highest BCUT2D eigenvalue weighted by atomic mass is 35.5. The van der Waals surface area contributed by atoms with Crippen molar-refractivity contribution in [2.75, 3.05) is 44.7 Å². The molecule has 1 saturated heterocycles. The van der Waals surface area contributed by atoms with Gasteiger partial charge in [0.15, 0.2) is 11.1 Å². The van der Waals surface area contributed by atoms with Gasteiger partial charge in [0, 0.05) is 41.6 Å². The Morgan fingerprint density at radius 1 is 1.26 bits per heavy atom. The molecule has 1 aromatic carbocycles. The number of aromatic amines is 2. The van der Waals surface area contributed by atoms with Gasteiger partial charge in [0.1, 0.15) is 11.5 Å². The number of halogens is 1. The van der Waals surface area contributed by atoms with Gasteiger partial charge in [0.2, 0.25) is 5.88 Å². The van der Waals surface area contributed by atoms with Crippen molar-refractivity contribution in [1.29, 1.82) is 0 Å². The number of benzene rings is 1.